The van der Waals surface area contributed by atoms with Crippen molar-refractivity contribution in [1.82, 2.24) is 0 Å². The zero-order valence-electron chi connectivity index (χ0n) is 12.5. The Morgan fingerprint density at radius 1 is 1.00 bits per heavy atom. The van der Waals surface area contributed by atoms with Crippen molar-refractivity contribution >= 4 is 18.3 Å². The molecule has 0 aliphatic rings. The highest BCUT2D eigenvalue weighted by Crippen LogP contribution is 2.11. The predicted molar refractivity (Wildman–Crippen MR) is 85.0 cm³/mol. The summed E-state index contributed by atoms with van der Waals surface area (Å²) < 4.78 is 30.8. The maximum Gasteiger partial charge on any atom is 0.356 e. The normalized spacial score (nSPS) is 11.7. The molecule has 0 N–H and O–H groups in total. The monoisotopic (exact) mass is 315 g/mol. The van der Waals surface area contributed by atoms with E-state index in [-0.39, 0.29) is 23.9 Å². The van der Waals surface area contributed by atoms with E-state index in [0.717, 1.165) is 0 Å². The van der Waals surface area contributed by atoms with Gasteiger partial charge in [0, 0.05) is 6.21 Å². The lowest BCUT2D eigenvalue weighted by molar-refractivity contribution is -0.138. The number of halogens is 2. The summed E-state index contributed by atoms with van der Waals surface area (Å²) in [5.74, 6) is -1.31. The molecule has 2 aromatic carbocycles. The first kappa shape index (κ1) is 16.5. The number of carbonyl (C=O) groups is 1. The number of carbonyl (C=O) groups excluding carboxylic acids is 1. The van der Waals surface area contributed by atoms with Crippen molar-refractivity contribution in [1.29, 1.82) is 0 Å². The van der Waals surface area contributed by atoms with Gasteiger partial charge in [0.1, 0.15) is 17.3 Å². The quantitative estimate of drug-likeness (QED) is 0.475. The van der Waals surface area contributed by atoms with Crippen molar-refractivity contribution in [3.8, 4) is 0 Å². The maximum absolute atomic E-state index is 12.9. The molecule has 0 aliphatic heterocycles. The molecule has 0 fully saturated rings. The van der Waals surface area contributed by atoms with Gasteiger partial charge in [-0.2, -0.15) is 0 Å². The number of benzene rings is 2. The average molecular weight is 315 g/mol. The molecule has 0 unspecified atom stereocenters. The molecule has 23 heavy (non-hydrogen) atoms. The number of hydrogen-bond acceptors (Lipinski definition) is 3. The van der Waals surface area contributed by atoms with Crippen molar-refractivity contribution < 1.29 is 18.3 Å². The van der Waals surface area contributed by atoms with Crippen LogP contribution in [0.1, 0.15) is 18.1 Å². The molecule has 5 heteroatoms. The van der Waals surface area contributed by atoms with Crippen LogP contribution in [-0.4, -0.2) is 18.8 Å². The van der Waals surface area contributed by atoms with E-state index >= 15 is 0 Å². The summed E-state index contributed by atoms with van der Waals surface area (Å²) in [6.45, 7) is 1.91. The fraction of sp³-hybridized carbons (Fsp3) is 0.111. The minimum atomic E-state index is -0.588. The van der Waals surface area contributed by atoms with Gasteiger partial charge in [-0.25, -0.2) is 18.6 Å². The van der Waals surface area contributed by atoms with E-state index in [2.05, 4.69) is 4.99 Å². The first-order chi connectivity index (χ1) is 11.1. The number of aliphatic imine (C=N–C) groups is 1. The van der Waals surface area contributed by atoms with Crippen LogP contribution in [-0.2, 0) is 9.53 Å². The zero-order chi connectivity index (χ0) is 16.7. The lowest BCUT2D eigenvalue weighted by atomic mass is 10.2. The fourth-order valence-electron chi connectivity index (χ4n) is 1.76. The van der Waals surface area contributed by atoms with Crippen molar-refractivity contribution in [2.24, 2.45) is 4.99 Å². The van der Waals surface area contributed by atoms with Gasteiger partial charge >= 0.3 is 5.97 Å². The van der Waals surface area contributed by atoms with Crippen molar-refractivity contribution in [3.63, 3.8) is 0 Å². The standard InChI is InChI=1S/C18H15F2NO2/c1-2-23-18(22)17(11-13-3-7-15(19)8-4-13)21-12-14-5-9-16(20)10-6-14/h3-12H,2H2,1H3/b17-11-,21-12?. The van der Waals surface area contributed by atoms with E-state index in [1.165, 1.54) is 48.7 Å². The Bertz CT molecular complexity index is 720. The van der Waals surface area contributed by atoms with Gasteiger partial charge in [-0.3, -0.25) is 0 Å². The van der Waals surface area contributed by atoms with Crippen LogP contribution in [0.15, 0.2) is 59.2 Å². The largest absolute Gasteiger partial charge is 0.461 e. The minimum absolute atomic E-state index is 0.0720. The molecule has 2 rings (SSSR count). The Kier molecular flexibility index (Phi) is 5.74. The van der Waals surface area contributed by atoms with Crippen LogP contribution in [0.25, 0.3) is 6.08 Å². The second kappa shape index (κ2) is 7.98. The summed E-state index contributed by atoms with van der Waals surface area (Å²) in [5, 5.41) is 0. The SMILES string of the molecule is CCOC(=O)/C(=C/c1ccc(F)cc1)N=Cc1ccc(F)cc1. The second-order valence-electron chi connectivity index (χ2n) is 4.61. The fourth-order valence-corrected chi connectivity index (χ4v) is 1.76. The Hall–Kier alpha value is -2.82. The molecule has 0 saturated carbocycles. The van der Waals surface area contributed by atoms with E-state index in [0.29, 0.717) is 11.1 Å². The molecule has 0 saturated heterocycles. The van der Waals surface area contributed by atoms with E-state index in [4.69, 9.17) is 4.74 Å². The van der Waals surface area contributed by atoms with Crippen molar-refractivity contribution in [3.05, 3.63) is 77.0 Å². The van der Waals surface area contributed by atoms with Crippen LogP contribution >= 0.6 is 0 Å². The molecule has 0 spiro atoms. The van der Waals surface area contributed by atoms with Crippen LogP contribution in [0.5, 0.6) is 0 Å². The lowest BCUT2D eigenvalue weighted by Crippen LogP contribution is -2.06. The Morgan fingerprint density at radius 2 is 1.52 bits per heavy atom. The molecule has 0 amide bonds. The Labute approximate surface area is 132 Å². The first-order valence-electron chi connectivity index (χ1n) is 7.02. The second-order valence-corrected chi connectivity index (χ2v) is 4.61. The van der Waals surface area contributed by atoms with Gasteiger partial charge < -0.3 is 4.74 Å². The predicted octanol–water partition coefficient (Wildman–Crippen LogP) is 3.99. The highest BCUT2D eigenvalue weighted by Gasteiger charge is 2.09. The van der Waals surface area contributed by atoms with Crippen LogP contribution in [0, 0.1) is 11.6 Å². The molecule has 0 radical (unpaired) electrons. The van der Waals surface area contributed by atoms with Crippen LogP contribution < -0.4 is 0 Å². The van der Waals surface area contributed by atoms with Gasteiger partial charge in [-0.1, -0.05) is 24.3 Å². The molecule has 2 aromatic rings. The highest BCUT2D eigenvalue weighted by molar-refractivity contribution is 5.96. The molecular weight excluding hydrogens is 300 g/mol. The van der Waals surface area contributed by atoms with E-state index < -0.39 is 5.97 Å². The molecule has 0 aromatic heterocycles. The van der Waals surface area contributed by atoms with Crippen LogP contribution in [0.2, 0.25) is 0 Å². The Balaban J connectivity index is 2.28. The number of hydrogen-bond donors (Lipinski definition) is 0. The van der Waals surface area contributed by atoms with Crippen LogP contribution in [0.3, 0.4) is 0 Å². The molecule has 3 nitrogen and oxygen atoms in total. The van der Waals surface area contributed by atoms with E-state index in [1.807, 2.05) is 0 Å². The van der Waals surface area contributed by atoms with E-state index in [1.54, 1.807) is 19.1 Å². The molecule has 0 atom stereocenters. The van der Waals surface area contributed by atoms with Gasteiger partial charge in [-0.15, -0.1) is 0 Å². The minimum Gasteiger partial charge on any atom is -0.461 e. The third-order valence-corrected chi connectivity index (χ3v) is 2.88. The summed E-state index contributed by atoms with van der Waals surface area (Å²) in [6, 6.07) is 11.3. The Morgan fingerprint density at radius 3 is 2.04 bits per heavy atom. The number of rotatable bonds is 5. The molecule has 0 heterocycles. The topological polar surface area (TPSA) is 38.7 Å². The molecule has 0 aliphatic carbocycles. The maximum atomic E-state index is 12.9. The third-order valence-electron chi connectivity index (χ3n) is 2.88. The van der Waals surface area contributed by atoms with Gasteiger partial charge in [-0.05, 0) is 48.4 Å². The van der Waals surface area contributed by atoms with Crippen molar-refractivity contribution in [2.45, 2.75) is 6.92 Å². The first-order valence-corrected chi connectivity index (χ1v) is 7.02. The smallest absolute Gasteiger partial charge is 0.356 e. The van der Waals surface area contributed by atoms with Gasteiger partial charge in [0.15, 0.2) is 0 Å². The third kappa shape index (κ3) is 5.14. The number of esters is 1. The summed E-state index contributed by atoms with van der Waals surface area (Å²) >= 11 is 0. The number of nitrogens with zero attached hydrogens (tertiary/aromatic N) is 1. The number of ether oxygens (including phenoxy) is 1. The van der Waals surface area contributed by atoms with Gasteiger partial charge in [0.05, 0.1) is 6.61 Å². The van der Waals surface area contributed by atoms with Gasteiger partial charge in [0.2, 0.25) is 0 Å². The lowest BCUT2D eigenvalue weighted by Gasteiger charge is -2.03. The van der Waals surface area contributed by atoms with Crippen LogP contribution in [0.4, 0.5) is 8.78 Å². The summed E-state index contributed by atoms with van der Waals surface area (Å²) in [4.78, 5) is 16.1. The van der Waals surface area contributed by atoms with E-state index in [9.17, 15) is 13.6 Å². The van der Waals surface area contributed by atoms with Crippen molar-refractivity contribution in [2.75, 3.05) is 6.61 Å². The summed E-state index contributed by atoms with van der Waals surface area (Å²) in [7, 11) is 0. The average Bonchev–Trinajstić information content (AvgIpc) is 2.55. The zero-order valence-corrected chi connectivity index (χ0v) is 12.5. The molecule has 118 valence electrons. The molecule has 0 bridgehead atoms. The highest BCUT2D eigenvalue weighted by atomic mass is 19.1. The summed E-state index contributed by atoms with van der Waals surface area (Å²) in [5.41, 5.74) is 1.33. The molecular formula is C18H15F2NO2. The van der Waals surface area contributed by atoms with Gasteiger partial charge in [0.25, 0.3) is 0 Å². The summed E-state index contributed by atoms with van der Waals surface area (Å²) in [6.07, 6.45) is 2.93.